The van der Waals surface area contributed by atoms with Crippen LogP contribution in [-0.2, 0) is 25.6 Å². The van der Waals surface area contributed by atoms with Gasteiger partial charge in [-0.15, -0.1) is 0 Å². The third-order valence-electron chi connectivity index (χ3n) is 13.7. The van der Waals surface area contributed by atoms with Gasteiger partial charge in [0.2, 0.25) is 11.7 Å². The van der Waals surface area contributed by atoms with Crippen LogP contribution in [0.15, 0.2) is 114 Å². The van der Waals surface area contributed by atoms with Crippen LogP contribution in [0.1, 0.15) is 75.3 Å². The van der Waals surface area contributed by atoms with E-state index in [0.29, 0.717) is 17.7 Å². The van der Waals surface area contributed by atoms with Crippen LogP contribution in [0.25, 0.3) is 5.76 Å². The quantitative estimate of drug-likeness (QED) is 0.0279. The van der Waals surface area contributed by atoms with E-state index in [9.17, 15) is 39.6 Å². The first kappa shape index (κ1) is 47.2. The predicted octanol–water partition coefficient (Wildman–Crippen LogP) is 6.47. The Morgan fingerprint density at radius 2 is 1.28 bits per heavy atom. The Labute approximate surface area is 382 Å². The molecule has 13 heteroatoms. The molecule has 0 heterocycles. The van der Waals surface area contributed by atoms with Gasteiger partial charge in [-0.25, -0.2) is 0 Å². The van der Waals surface area contributed by atoms with Gasteiger partial charge in [0.15, 0.2) is 11.4 Å². The molecule has 1 fully saturated rings. The largest absolute Gasteiger partial charge is 0.508 e. The molecule has 0 saturated heterocycles. The Bertz CT molecular complexity index is 2390. The first-order chi connectivity index (χ1) is 31.1. The summed E-state index contributed by atoms with van der Waals surface area (Å²) in [5, 5.41) is 53.6. The number of hydrogen-bond donors (Lipinski definition) is 6. The van der Waals surface area contributed by atoms with Crippen LogP contribution in [0.3, 0.4) is 0 Å². The molecule has 0 bridgehead atoms. The third kappa shape index (κ3) is 8.84. The van der Waals surface area contributed by atoms with Crippen LogP contribution in [0, 0.1) is 11.8 Å². The molecule has 7 N–H and O–H groups in total. The van der Waals surface area contributed by atoms with Gasteiger partial charge in [0.05, 0.1) is 23.5 Å². The number of rotatable bonds is 18. The molecule has 7 rings (SSSR count). The zero-order valence-electron chi connectivity index (χ0n) is 37.8. The normalized spacial score (nSPS) is 20.6. The summed E-state index contributed by atoms with van der Waals surface area (Å²) in [7, 11) is 4.85. The molecule has 0 unspecified atom stereocenters. The second-order valence-electron chi connectivity index (χ2n) is 18.2. The number of likely N-dealkylation sites (N-methyl/N-ethyl adjacent to an activating group) is 1. The number of anilines is 2. The summed E-state index contributed by atoms with van der Waals surface area (Å²) >= 11 is 0. The lowest BCUT2D eigenvalue weighted by atomic mass is 9.57. The lowest BCUT2D eigenvalue weighted by molar-refractivity contribution is -0.153. The maximum atomic E-state index is 14.3. The number of phenolic OH excluding ortho intramolecular Hbond substituents is 1. The zero-order chi connectivity index (χ0) is 46.6. The average Bonchev–Trinajstić information content (AvgIpc) is 3.28. The van der Waals surface area contributed by atoms with Gasteiger partial charge in [-0.2, -0.15) is 0 Å². The third-order valence-corrected chi connectivity index (χ3v) is 18.2. The summed E-state index contributed by atoms with van der Waals surface area (Å²) in [4.78, 5) is 56.7. The van der Waals surface area contributed by atoms with E-state index in [1.807, 2.05) is 0 Å². The molecule has 0 aromatic heterocycles. The van der Waals surface area contributed by atoms with E-state index in [1.54, 1.807) is 39.2 Å². The van der Waals surface area contributed by atoms with Crippen molar-refractivity contribution in [1.82, 2.24) is 4.90 Å². The number of nitrogens with two attached hydrogens (primary N) is 1. The molecule has 4 aromatic rings. The van der Waals surface area contributed by atoms with Crippen molar-refractivity contribution in [2.24, 2.45) is 17.6 Å². The Morgan fingerprint density at radius 1 is 0.769 bits per heavy atom. The molecule has 0 aliphatic heterocycles. The van der Waals surface area contributed by atoms with Gasteiger partial charge in [0.25, 0.3) is 5.91 Å². The lowest BCUT2D eigenvalue weighted by Gasteiger charge is -2.50. The molecule has 3 aliphatic rings. The monoisotopic (exact) mass is 901 g/mol. The topological polar surface area (TPSA) is 194 Å². The minimum atomic E-state index is -2.74. The number of nitrogens with one attached hydrogen (secondary N) is 1. The number of phenols is 1. The standard InChI is InChI=1S/C52H61N4O8P/c1-55(2)40-32-39(46(58)43-37(40)30-33-31-38-45(56(3)4)48(60)44(51(53)63)50(62)52(38,64)49(61)42(33)47(43)59)54-41(57)28-20-9-7-5-6-8-10-21-29-65(34-22-14-11-15-23-34,35-24-16-12-17-25-35)36-26-18-13-19-27-36/h11-19,22-27,32-33,38,45,64H,5-10,20-21,28-31H2,1-4H3,(H5-,53,54,57,58,59,60,61,62,63)/p+1/t33-,38-,45-,52-/m0/s1. The molecule has 1 saturated carbocycles. The summed E-state index contributed by atoms with van der Waals surface area (Å²) in [6, 6.07) is 33.4. The van der Waals surface area contributed by atoms with Gasteiger partial charge in [-0.05, 0) is 100 Å². The number of carbonyl (C=O) groups excluding carboxylic acids is 4. The smallest absolute Gasteiger partial charge is 0.255 e. The fourth-order valence-corrected chi connectivity index (χ4v) is 15.0. The Balaban J connectivity index is 0.961. The van der Waals surface area contributed by atoms with Gasteiger partial charge in [-0.1, -0.05) is 86.7 Å². The highest BCUT2D eigenvalue weighted by Crippen LogP contribution is 2.57. The summed E-state index contributed by atoms with van der Waals surface area (Å²) in [6.45, 7) is 0. The molecule has 4 aromatic carbocycles. The first-order valence-electron chi connectivity index (χ1n) is 22.7. The van der Waals surface area contributed by atoms with Crippen molar-refractivity contribution in [2.45, 2.75) is 82.3 Å². The highest BCUT2D eigenvalue weighted by atomic mass is 31.2. The van der Waals surface area contributed by atoms with Gasteiger partial charge in [-0.3, -0.25) is 24.1 Å². The number of primary amides is 1. The van der Waals surface area contributed by atoms with E-state index in [2.05, 4.69) is 96.3 Å². The molecule has 0 radical (unpaired) electrons. The van der Waals surface area contributed by atoms with E-state index in [4.69, 9.17) is 5.73 Å². The second kappa shape index (κ2) is 19.7. The van der Waals surface area contributed by atoms with Gasteiger partial charge in [0, 0.05) is 37.7 Å². The number of amides is 2. The van der Waals surface area contributed by atoms with Crippen LogP contribution in [0.2, 0.25) is 0 Å². The maximum absolute atomic E-state index is 14.3. The molecule has 2 amide bonds. The highest BCUT2D eigenvalue weighted by molar-refractivity contribution is 7.95. The van der Waals surface area contributed by atoms with Gasteiger partial charge >= 0.3 is 0 Å². The summed E-state index contributed by atoms with van der Waals surface area (Å²) < 4.78 is 0. The van der Waals surface area contributed by atoms with E-state index in [1.165, 1.54) is 20.8 Å². The van der Waals surface area contributed by atoms with Crippen molar-refractivity contribution >= 4 is 63.7 Å². The molecule has 12 nitrogen and oxygen atoms in total. The fourth-order valence-electron chi connectivity index (χ4n) is 10.6. The summed E-state index contributed by atoms with van der Waals surface area (Å²) in [5.41, 5.74) is 2.68. The lowest BCUT2D eigenvalue weighted by Crippen LogP contribution is -2.65. The van der Waals surface area contributed by atoms with Crippen LogP contribution in [0.4, 0.5) is 11.4 Å². The van der Waals surface area contributed by atoms with Crippen molar-refractivity contribution in [1.29, 1.82) is 0 Å². The highest BCUT2D eigenvalue weighted by Gasteiger charge is 2.64. The van der Waals surface area contributed by atoms with Crippen molar-refractivity contribution in [2.75, 3.05) is 44.6 Å². The van der Waals surface area contributed by atoms with E-state index >= 15 is 0 Å². The van der Waals surface area contributed by atoms with Crippen molar-refractivity contribution in [3.63, 3.8) is 0 Å². The minimum absolute atomic E-state index is 0.0160. The molecule has 65 heavy (non-hydrogen) atoms. The van der Waals surface area contributed by atoms with Gasteiger partial charge < -0.3 is 36.4 Å². The number of fused-ring (bicyclic) bond motifs is 3. The van der Waals surface area contributed by atoms with Crippen molar-refractivity contribution < 1.29 is 39.6 Å². The van der Waals surface area contributed by atoms with Crippen molar-refractivity contribution in [3.8, 4) is 5.75 Å². The maximum Gasteiger partial charge on any atom is 0.255 e. The Kier molecular flexibility index (Phi) is 14.3. The number of nitrogens with zero attached hydrogens (tertiary/aromatic N) is 2. The molecular formula is C52H62N4O8P+. The van der Waals surface area contributed by atoms with E-state index in [-0.39, 0.29) is 42.0 Å². The number of ketones is 2. The van der Waals surface area contributed by atoms with Crippen LogP contribution in [0.5, 0.6) is 5.75 Å². The number of hydrogen-bond acceptors (Lipinski definition) is 10. The number of carbonyl (C=O) groups is 4. The SMILES string of the molecule is CN(C)c1cc(NC(=O)CCCCCCCCCC[P+](c2ccccc2)(c2ccccc2)c2ccccc2)c(O)c2c1C[C@H]1C[C@H]3[C@H](N(C)C)C(=O)C(C(N)=O)=C(O)[C@@]3(O)C(=O)C1=C2O. The van der Waals surface area contributed by atoms with Crippen LogP contribution < -0.4 is 31.9 Å². The number of aliphatic hydroxyl groups is 3. The molecule has 0 spiro atoms. The molecule has 4 atom stereocenters. The second-order valence-corrected chi connectivity index (χ2v) is 21.8. The minimum Gasteiger partial charge on any atom is -0.508 e. The number of aliphatic hydroxyl groups excluding tert-OH is 2. The van der Waals surface area contributed by atoms with Crippen LogP contribution >= 0.6 is 7.26 Å². The zero-order valence-corrected chi connectivity index (χ0v) is 38.7. The molecule has 3 aliphatic carbocycles. The fraction of sp³-hybridized carbons (Fsp3) is 0.385. The average molecular weight is 902 g/mol. The van der Waals surface area contributed by atoms with Gasteiger partial charge in [0.1, 0.15) is 46.0 Å². The predicted molar refractivity (Wildman–Crippen MR) is 259 cm³/mol. The summed E-state index contributed by atoms with van der Waals surface area (Å²) in [5.74, 6) is -7.57. The first-order valence-corrected chi connectivity index (χ1v) is 24.7. The number of benzene rings is 4. The number of unbranched alkanes of at least 4 members (excludes halogenated alkanes) is 7. The summed E-state index contributed by atoms with van der Waals surface area (Å²) in [6.07, 6.45) is 9.58. The van der Waals surface area contributed by atoms with E-state index < -0.39 is 71.1 Å². The van der Waals surface area contributed by atoms with E-state index in [0.717, 1.165) is 51.1 Å². The Morgan fingerprint density at radius 3 is 1.77 bits per heavy atom. The molecular weight excluding hydrogens is 840 g/mol. The van der Waals surface area contributed by atoms with Crippen molar-refractivity contribution in [3.05, 3.63) is 125 Å². The molecule has 342 valence electrons. The number of aromatic hydroxyl groups is 1. The number of Topliss-reactive ketones (excluding diaryl/α,β-unsaturated/α-hetero) is 2. The van der Waals surface area contributed by atoms with Crippen LogP contribution in [-0.4, -0.2) is 94.7 Å². The Hall–Kier alpha value is -5.81.